The summed E-state index contributed by atoms with van der Waals surface area (Å²) in [6.07, 6.45) is 10.5. The molecule has 0 saturated carbocycles. The van der Waals surface area contributed by atoms with Crippen LogP contribution in [0.15, 0.2) is 429 Å². The third kappa shape index (κ3) is 13.0. The van der Waals surface area contributed by atoms with Crippen LogP contribution in [0.1, 0.15) is 11.1 Å². The molecular weight excluding hydrogens is 1460 g/mol. The van der Waals surface area contributed by atoms with Crippen molar-refractivity contribution in [1.82, 2.24) is 15.0 Å². The van der Waals surface area contributed by atoms with Gasteiger partial charge in [-0.2, -0.15) is 5.26 Å². The van der Waals surface area contributed by atoms with Gasteiger partial charge in [0.1, 0.15) is 0 Å². The lowest BCUT2D eigenvalue weighted by Crippen LogP contribution is -1.99. The van der Waals surface area contributed by atoms with Crippen LogP contribution >= 0.6 is 0 Å². The summed E-state index contributed by atoms with van der Waals surface area (Å²) in [5.41, 5.74) is 32.1. The van der Waals surface area contributed by atoms with Crippen molar-refractivity contribution in [2.45, 2.75) is 0 Å². The highest BCUT2D eigenvalue weighted by molar-refractivity contribution is 6.21. The van der Waals surface area contributed by atoms with E-state index in [0.29, 0.717) is 5.56 Å². The SMILES string of the molecule is CN=C1C=CC=C/C1=C/c1ccc(-c2ccc(-c3cc4nc5ccccc5cc4c4ccccc34)cc2)c2ccccc12.N#Cc1ccc(-c2ccc(-c3ccc(-c4cc5nc6ccccc6cc5c5ccccc45)cc3)cc2)cc1.c1ccc2c(c1)-c1cccc3c(-c4ccc(-c5ccc6cc7c(ccc8ccccc87)nc6c5)cc4)ccc-2c13. The molecule has 0 fully saturated rings. The van der Waals surface area contributed by atoms with Gasteiger partial charge in [-0.3, -0.25) is 4.99 Å². The highest BCUT2D eigenvalue weighted by Crippen LogP contribution is 2.50. The quantitative estimate of drug-likeness (QED) is 0.112. The number of rotatable bonds is 8. The summed E-state index contributed by atoms with van der Waals surface area (Å²) in [5, 5.41) is 28.7. The average molecular weight is 1540 g/mol. The van der Waals surface area contributed by atoms with Gasteiger partial charge in [0.05, 0.1) is 50.4 Å². The van der Waals surface area contributed by atoms with Gasteiger partial charge in [-0.1, -0.05) is 346 Å². The first-order valence-corrected chi connectivity index (χ1v) is 41.1. The molecule has 3 aromatic heterocycles. The van der Waals surface area contributed by atoms with E-state index in [9.17, 15) is 0 Å². The first-order valence-electron chi connectivity index (χ1n) is 41.1. The lowest BCUT2D eigenvalue weighted by atomic mass is 9.91. The summed E-state index contributed by atoms with van der Waals surface area (Å²) in [4.78, 5) is 19.6. The Hall–Kier alpha value is -16.1. The number of fused-ring (bicyclic) bond motifs is 16. The van der Waals surface area contributed by atoms with Crippen LogP contribution < -0.4 is 0 Å². The predicted octanol–water partition coefficient (Wildman–Crippen LogP) is 30.7. The zero-order valence-electron chi connectivity index (χ0n) is 66.2. The van der Waals surface area contributed by atoms with Gasteiger partial charge in [0.15, 0.2) is 0 Å². The van der Waals surface area contributed by atoms with Crippen molar-refractivity contribution < 1.29 is 0 Å². The minimum absolute atomic E-state index is 0.675. The number of pyridine rings is 3. The largest absolute Gasteiger partial charge is 0.288 e. The zero-order chi connectivity index (χ0) is 80.4. The Morgan fingerprint density at radius 2 is 0.620 bits per heavy atom. The highest BCUT2D eigenvalue weighted by Gasteiger charge is 2.23. The molecule has 562 valence electrons. The van der Waals surface area contributed by atoms with Gasteiger partial charge in [-0.05, 0) is 238 Å². The molecule has 0 aliphatic heterocycles. The maximum atomic E-state index is 9.04. The van der Waals surface area contributed by atoms with Crippen molar-refractivity contribution in [3.63, 3.8) is 0 Å². The lowest BCUT2D eigenvalue weighted by molar-refractivity contribution is 1.44. The first-order chi connectivity index (χ1) is 59.8. The van der Waals surface area contributed by atoms with E-state index in [1.807, 2.05) is 43.5 Å². The fraction of sp³-hybridized carbons (Fsp3) is 0.00862. The number of aromatic nitrogens is 3. The maximum absolute atomic E-state index is 9.04. The number of nitrogens with zero attached hydrogens (tertiary/aromatic N) is 5. The second kappa shape index (κ2) is 30.2. The number of allylic oxidation sites excluding steroid dienone is 5. The van der Waals surface area contributed by atoms with E-state index < -0.39 is 0 Å². The average Bonchev–Trinajstić information content (AvgIpc) is 1.68. The summed E-state index contributed by atoms with van der Waals surface area (Å²) >= 11 is 0. The molecule has 3 heterocycles. The number of nitriles is 1. The van der Waals surface area contributed by atoms with Crippen molar-refractivity contribution in [3.05, 3.63) is 435 Å². The van der Waals surface area contributed by atoms with E-state index in [1.165, 1.54) is 165 Å². The molecule has 2 aliphatic rings. The minimum Gasteiger partial charge on any atom is -0.288 e. The smallest absolute Gasteiger partial charge is 0.0991 e. The molecule has 22 aromatic rings. The standard InChI is InChI=1S/C41H28N2.C39H23N.C36H22N2/c1-42-39-16-8-2-10-30(39)24-29-22-23-33(34-13-5-4-12-32(29)34)27-18-20-28(21-19-27)37-26-41-38(36-15-7-6-14-35(36)37)25-31-11-3-9-17-40(31)43-41;1-2-7-29-25(6-1)18-21-37-36(29)22-28-17-16-27(23-38(28)40-37)24-12-14-26(15-13-24)30-19-20-35-32-9-4-3-8-31(32)34-11-5-10-33(30)39(34)35;37-23-24-9-11-25(12-10-24)26-13-15-27(16-14-26)28-17-19-29(20-18-28)33-22-36-34(32-7-3-2-6-31(32)33)21-30-5-1-4-8-35(30)38-36/h2-26H,1H3;1-23H;1-22H/b30-24-,42-39?;;. The molecule has 0 radical (unpaired) electrons. The topological polar surface area (TPSA) is 74.8 Å². The van der Waals surface area contributed by atoms with E-state index in [1.54, 1.807) is 0 Å². The van der Waals surface area contributed by atoms with Crippen LogP contribution in [-0.4, -0.2) is 27.7 Å². The van der Waals surface area contributed by atoms with E-state index in [-0.39, 0.29) is 0 Å². The third-order valence-electron chi connectivity index (χ3n) is 24.4. The van der Waals surface area contributed by atoms with E-state index in [2.05, 4.69) is 399 Å². The lowest BCUT2D eigenvalue weighted by Gasteiger charge is -2.14. The Balaban J connectivity index is 0.000000109. The van der Waals surface area contributed by atoms with Gasteiger partial charge >= 0.3 is 0 Å². The van der Waals surface area contributed by atoms with Crippen molar-refractivity contribution in [2.24, 2.45) is 4.99 Å². The monoisotopic (exact) mass is 1540 g/mol. The zero-order valence-corrected chi connectivity index (χ0v) is 66.2. The molecule has 5 nitrogen and oxygen atoms in total. The van der Waals surface area contributed by atoms with Crippen LogP contribution in [0.2, 0.25) is 0 Å². The highest BCUT2D eigenvalue weighted by atomic mass is 14.7. The first kappa shape index (κ1) is 71.4. The molecule has 0 bridgehead atoms. The molecule has 19 aromatic carbocycles. The number of aliphatic imine (C=N–C) groups is 1. The third-order valence-corrected chi connectivity index (χ3v) is 24.4. The predicted molar refractivity (Wildman–Crippen MR) is 512 cm³/mol. The Kier molecular flexibility index (Phi) is 17.8. The molecule has 0 N–H and O–H groups in total. The van der Waals surface area contributed by atoms with Gasteiger partial charge in [0, 0.05) is 44.9 Å². The second-order valence-corrected chi connectivity index (χ2v) is 31.3. The Morgan fingerprint density at radius 3 is 1.18 bits per heavy atom. The molecular formula is C116H73N5. The maximum Gasteiger partial charge on any atom is 0.0991 e. The van der Waals surface area contributed by atoms with Gasteiger partial charge in [-0.15, -0.1) is 0 Å². The van der Waals surface area contributed by atoms with E-state index in [4.69, 9.17) is 20.2 Å². The van der Waals surface area contributed by atoms with Crippen molar-refractivity contribution >= 4 is 131 Å². The molecule has 121 heavy (non-hydrogen) atoms. The number of para-hydroxylation sites is 2. The second-order valence-electron chi connectivity index (χ2n) is 31.3. The molecule has 0 unspecified atom stereocenters. The fourth-order valence-corrected chi connectivity index (χ4v) is 18.3. The molecule has 2 aliphatic carbocycles. The van der Waals surface area contributed by atoms with Gasteiger partial charge in [0.25, 0.3) is 0 Å². The van der Waals surface area contributed by atoms with E-state index in [0.717, 1.165) is 71.7 Å². The van der Waals surface area contributed by atoms with Crippen LogP contribution in [0.4, 0.5) is 0 Å². The van der Waals surface area contributed by atoms with Crippen LogP contribution in [0.5, 0.6) is 0 Å². The number of hydrogen-bond donors (Lipinski definition) is 0. The van der Waals surface area contributed by atoms with Crippen molar-refractivity contribution in [2.75, 3.05) is 7.05 Å². The molecule has 0 spiro atoms. The van der Waals surface area contributed by atoms with Crippen LogP contribution in [0.25, 0.3) is 225 Å². The molecule has 0 saturated heterocycles. The fourth-order valence-electron chi connectivity index (χ4n) is 18.3. The van der Waals surface area contributed by atoms with E-state index >= 15 is 0 Å². The minimum atomic E-state index is 0.675. The summed E-state index contributed by atoms with van der Waals surface area (Å²) < 4.78 is 0. The normalized spacial score (nSPS) is 12.8. The molecule has 5 heteroatoms. The van der Waals surface area contributed by atoms with Gasteiger partial charge in [0.2, 0.25) is 0 Å². The van der Waals surface area contributed by atoms with Gasteiger partial charge in [-0.25, -0.2) is 15.0 Å². The summed E-state index contributed by atoms with van der Waals surface area (Å²) in [6, 6.07) is 143. The summed E-state index contributed by atoms with van der Waals surface area (Å²) in [6.45, 7) is 0. The molecule has 24 rings (SSSR count). The number of hydrogen-bond acceptors (Lipinski definition) is 5. The molecule has 0 amide bonds. The van der Waals surface area contributed by atoms with Crippen LogP contribution in [0, 0.1) is 11.3 Å². The Bertz CT molecular complexity index is 8140. The Labute approximate surface area is 700 Å². The van der Waals surface area contributed by atoms with Crippen molar-refractivity contribution in [3.8, 4) is 106 Å². The summed E-state index contributed by atoms with van der Waals surface area (Å²) in [7, 11) is 1.84. The molecule has 0 atom stereocenters. The van der Waals surface area contributed by atoms with Crippen molar-refractivity contribution in [1.29, 1.82) is 5.26 Å². The van der Waals surface area contributed by atoms with Gasteiger partial charge < -0.3 is 0 Å². The Morgan fingerprint density at radius 1 is 0.240 bits per heavy atom. The summed E-state index contributed by atoms with van der Waals surface area (Å²) in [5.74, 6) is 0. The van der Waals surface area contributed by atoms with Crippen LogP contribution in [0.3, 0.4) is 0 Å². The number of benzene rings is 19. The van der Waals surface area contributed by atoms with Crippen LogP contribution in [-0.2, 0) is 0 Å².